The van der Waals surface area contributed by atoms with Crippen molar-refractivity contribution in [2.75, 3.05) is 37.5 Å². The fraction of sp³-hybridized carbons (Fsp3) is 0.188. The van der Waals surface area contributed by atoms with Crippen LogP contribution in [0.15, 0.2) is 89.4 Å². The lowest BCUT2D eigenvalue weighted by atomic mass is 10.0. The van der Waals surface area contributed by atoms with Crippen LogP contribution in [-0.4, -0.2) is 27.7 Å². The minimum atomic E-state index is 0. The molecule has 0 saturated carbocycles. The number of hydrogen-bond donors (Lipinski definition) is 0. The maximum Gasteiger partial charge on any atom is 0.213 e. The Hall–Kier alpha value is -3.15. The molecule has 0 fully saturated rings. The Bertz CT molecular complexity index is 1420. The molecule has 3 aromatic carbocycles. The Balaban J connectivity index is 0.00000400. The minimum absolute atomic E-state index is 0. The van der Waals surface area contributed by atoms with Crippen LogP contribution in [0.3, 0.4) is 0 Å². The molecular formula is C32H32BrIN4. The highest BCUT2D eigenvalue weighted by molar-refractivity contribution is 9.10. The molecule has 0 radical (unpaired) electrons. The standard InChI is InChI=1S/C32H32BrN4.HI/c1-35(2)29-18-11-25(12-19-29)27-22-31(37(4)32(23-27)26-9-13-28(33)14-10-26)17-8-24-6-15-30(16-7-24)36(3)21-5-20-34;/h6-19,22-23H,5,21H2,1-4H3;1H/q+1;/p-1. The molecule has 1 aromatic heterocycles. The smallest absolute Gasteiger partial charge is 0.213 e. The number of pyridine rings is 1. The second kappa shape index (κ2) is 13.6. The van der Waals surface area contributed by atoms with E-state index < -0.39 is 0 Å². The molecule has 0 unspecified atom stereocenters. The van der Waals surface area contributed by atoms with Crippen LogP contribution in [0.25, 0.3) is 34.5 Å². The van der Waals surface area contributed by atoms with E-state index in [9.17, 15) is 0 Å². The maximum atomic E-state index is 8.85. The van der Waals surface area contributed by atoms with E-state index >= 15 is 0 Å². The number of nitrogens with zero attached hydrogens (tertiary/aromatic N) is 4. The lowest BCUT2D eigenvalue weighted by Gasteiger charge is -2.17. The highest BCUT2D eigenvalue weighted by Gasteiger charge is 2.17. The van der Waals surface area contributed by atoms with Crippen molar-refractivity contribution in [3.8, 4) is 28.5 Å². The van der Waals surface area contributed by atoms with Gasteiger partial charge in [0.15, 0.2) is 0 Å². The van der Waals surface area contributed by atoms with Crippen LogP contribution in [-0.2, 0) is 7.05 Å². The molecule has 38 heavy (non-hydrogen) atoms. The molecule has 1 heterocycles. The zero-order chi connectivity index (χ0) is 26.4. The summed E-state index contributed by atoms with van der Waals surface area (Å²) in [5.41, 5.74) is 9.21. The number of halogens is 2. The summed E-state index contributed by atoms with van der Waals surface area (Å²) < 4.78 is 3.30. The Labute approximate surface area is 252 Å². The van der Waals surface area contributed by atoms with Gasteiger partial charge in [-0.15, -0.1) is 0 Å². The molecular weight excluding hydrogens is 647 g/mol. The van der Waals surface area contributed by atoms with Gasteiger partial charge in [0.1, 0.15) is 7.05 Å². The monoisotopic (exact) mass is 678 g/mol. The summed E-state index contributed by atoms with van der Waals surface area (Å²) >= 11 is 3.56. The van der Waals surface area contributed by atoms with Crippen LogP contribution in [0.5, 0.6) is 0 Å². The van der Waals surface area contributed by atoms with Crippen molar-refractivity contribution in [2.24, 2.45) is 7.05 Å². The Morgan fingerprint density at radius 3 is 2.00 bits per heavy atom. The predicted molar refractivity (Wildman–Crippen MR) is 159 cm³/mol. The van der Waals surface area contributed by atoms with Crippen molar-refractivity contribution in [3.63, 3.8) is 0 Å². The first-order chi connectivity index (χ1) is 17.9. The van der Waals surface area contributed by atoms with Gasteiger partial charge in [-0.1, -0.05) is 40.2 Å². The van der Waals surface area contributed by atoms with Crippen LogP contribution in [0.2, 0.25) is 0 Å². The van der Waals surface area contributed by atoms with Crippen molar-refractivity contribution in [2.45, 2.75) is 6.42 Å². The summed E-state index contributed by atoms with van der Waals surface area (Å²) in [4.78, 5) is 4.22. The van der Waals surface area contributed by atoms with Crippen molar-refractivity contribution in [1.29, 1.82) is 5.26 Å². The number of nitriles is 1. The fourth-order valence-electron chi connectivity index (χ4n) is 4.23. The first kappa shape index (κ1) is 29.4. The summed E-state index contributed by atoms with van der Waals surface area (Å²) in [5.74, 6) is 0. The summed E-state index contributed by atoms with van der Waals surface area (Å²) in [5, 5.41) is 8.85. The van der Waals surface area contributed by atoms with Gasteiger partial charge < -0.3 is 33.8 Å². The van der Waals surface area contributed by atoms with Crippen LogP contribution in [0.4, 0.5) is 11.4 Å². The van der Waals surface area contributed by atoms with E-state index in [1.807, 2.05) is 7.05 Å². The summed E-state index contributed by atoms with van der Waals surface area (Å²) in [6, 6.07) is 32.3. The van der Waals surface area contributed by atoms with E-state index in [0.717, 1.165) is 39.2 Å². The normalized spacial score (nSPS) is 10.6. The van der Waals surface area contributed by atoms with Gasteiger partial charge in [0.25, 0.3) is 0 Å². The molecule has 4 rings (SSSR count). The summed E-state index contributed by atoms with van der Waals surface area (Å²) in [7, 11) is 8.25. The molecule has 0 aliphatic rings. The first-order valence-corrected chi connectivity index (χ1v) is 13.1. The molecule has 0 bridgehead atoms. The van der Waals surface area contributed by atoms with Gasteiger partial charge in [-0.05, 0) is 71.3 Å². The second-order valence-electron chi connectivity index (χ2n) is 9.32. The van der Waals surface area contributed by atoms with Gasteiger partial charge >= 0.3 is 0 Å². The van der Waals surface area contributed by atoms with E-state index in [0.29, 0.717) is 6.42 Å². The third-order valence-corrected chi connectivity index (χ3v) is 7.07. The van der Waals surface area contributed by atoms with Crippen LogP contribution in [0, 0.1) is 11.3 Å². The van der Waals surface area contributed by atoms with Gasteiger partial charge in [-0.2, -0.15) is 9.83 Å². The first-order valence-electron chi connectivity index (χ1n) is 12.3. The van der Waals surface area contributed by atoms with E-state index in [2.05, 4.69) is 155 Å². The Kier molecular flexibility index (Phi) is 10.5. The molecule has 0 aliphatic carbocycles. The lowest BCUT2D eigenvalue weighted by molar-refractivity contribution is -0.662. The van der Waals surface area contributed by atoms with Gasteiger partial charge in [-0.3, -0.25) is 0 Å². The second-order valence-corrected chi connectivity index (χ2v) is 10.2. The average molecular weight is 679 g/mol. The zero-order valence-corrected chi connectivity index (χ0v) is 25.9. The molecule has 0 atom stereocenters. The third kappa shape index (κ3) is 7.24. The fourth-order valence-corrected chi connectivity index (χ4v) is 4.49. The molecule has 194 valence electrons. The SMILES string of the molecule is CN(C)c1ccc(-c2cc(/C=C/c3ccc(N(C)CCC#N)cc3)[n+](C)c(-c3ccc(Br)cc3)c2)cc1.[I-]. The molecule has 6 heteroatoms. The van der Waals surface area contributed by atoms with Crippen LogP contribution >= 0.6 is 15.9 Å². The number of anilines is 2. The van der Waals surface area contributed by atoms with Gasteiger partial charge in [0.2, 0.25) is 11.4 Å². The molecule has 0 spiro atoms. The number of aromatic nitrogens is 1. The third-order valence-electron chi connectivity index (χ3n) is 6.54. The van der Waals surface area contributed by atoms with Crippen molar-refractivity contribution < 1.29 is 28.5 Å². The minimum Gasteiger partial charge on any atom is -1.00 e. The van der Waals surface area contributed by atoms with Crippen molar-refractivity contribution in [3.05, 3.63) is 101 Å². The van der Waals surface area contributed by atoms with Gasteiger partial charge in [0, 0.05) is 67.3 Å². The molecule has 0 N–H and O–H groups in total. The molecule has 0 amide bonds. The Morgan fingerprint density at radius 2 is 1.39 bits per heavy atom. The highest BCUT2D eigenvalue weighted by atomic mass is 127. The summed E-state index contributed by atoms with van der Waals surface area (Å²) in [6.07, 6.45) is 4.84. The van der Waals surface area contributed by atoms with E-state index in [1.54, 1.807) is 0 Å². The van der Waals surface area contributed by atoms with E-state index in [1.165, 1.54) is 16.8 Å². The van der Waals surface area contributed by atoms with Gasteiger partial charge in [0.05, 0.1) is 12.5 Å². The van der Waals surface area contributed by atoms with Crippen molar-refractivity contribution in [1.82, 2.24) is 0 Å². The number of hydrogen-bond acceptors (Lipinski definition) is 3. The van der Waals surface area contributed by atoms with Crippen LogP contribution < -0.4 is 38.3 Å². The molecule has 0 saturated heterocycles. The molecule has 4 aromatic rings. The number of benzene rings is 3. The van der Waals surface area contributed by atoms with Crippen LogP contribution in [0.1, 0.15) is 17.7 Å². The Morgan fingerprint density at radius 1 is 0.789 bits per heavy atom. The topological polar surface area (TPSA) is 34.1 Å². The lowest BCUT2D eigenvalue weighted by Crippen LogP contribution is -3.00. The van der Waals surface area contributed by atoms with Crippen molar-refractivity contribution >= 4 is 39.5 Å². The zero-order valence-electron chi connectivity index (χ0n) is 22.2. The summed E-state index contributed by atoms with van der Waals surface area (Å²) in [6.45, 7) is 0.725. The predicted octanol–water partition coefficient (Wildman–Crippen LogP) is 4.20. The number of rotatable bonds is 8. The quantitative estimate of drug-likeness (QED) is 0.207. The van der Waals surface area contributed by atoms with Gasteiger partial charge in [-0.25, -0.2) is 0 Å². The maximum absolute atomic E-state index is 8.85. The molecule has 0 aliphatic heterocycles. The molecule has 4 nitrogen and oxygen atoms in total. The highest BCUT2D eigenvalue weighted by Crippen LogP contribution is 2.28. The average Bonchev–Trinajstić information content (AvgIpc) is 2.92. The largest absolute Gasteiger partial charge is 1.00 e. The van der Waals surface area contributed by atoms with E-state index in [-0.39, 0.29) is 24.0 Å². The van der Waals surface area contributed by atoms with E-state index in [4.69, 9.17) is 5.26 Å².